The first-order valence-corrected chi connectivity index (χ1v) is 6.39. The van der Waals surface area contributed by atoms with E-state index in [9.17, 15) is 0 Å². The van der Waals surface area contributed by atoms with E-state index in [1.165, 1.54) is 6.21 Å². The van der Waals surface area contributed by atoms with Crippen molar-refractivity contribution in [2.45, 2.75) is 12.8 Å². The zero-order chi connectivity index (χ0) is 13.0. The molecule has 1 heterocycles. The van der Waals surface area contributed by atoms with Crippen LogP contribution in [0.4, 0.5) is 5.69 Å². The third-order valence-corrected chi connectivity index (χ3v) is 3.35. The number of nitrogen functional groups attached to an aromatic ring is 1. The van der Waals surface area contributed by atoms with Gasteiger partial charge in [-0.05, 0) is 30.5 Å². The highest BCUT2D eigenvalue weighted by molar-refractivity contribution is 7.07. The molecule has 0 amide bonds. The topological polar surface area (TPSA) is 86.5 Å². The Morgan fingerprint density at radius 2 is 2.28 bits per heavy atom. The van der Waals surface area contributed by atoms with Gasteiger partial charge in [-0.3, -0.25) is 0 Å². The zero-order valence-corrected chi connectivity index (χ0v) is 10.5. The van der Waals surface area contributed by atoms with Gasteiger partial charge in [0.05, 0.1) is 22.8 Å². The van der Waals surface area contributed by atoms with Crippen LogP contribution < -0.4 is 5.73 Å². The van der Waals surface area contributed by atoms with Gasteiger partial charge >= 0.3 is 0 Å². The lowest BCUT2D eigenvalue weighted by Crippen LogP contribution is -2.00. The van der Waals surface area contributed by atoms with Gasteiger partial charge in [-0.2, -0.15) is 5.26 Å². The number of anilines is 1. The zero-order valence-electron chi connectivity index (χ0n) is 9.68. The van der Waals surface area contributed by atoms with Gasteiger partial charge in [0.15, 0.2) is 0 Å². The van der Waals surface area contributed by atoms with Crippen molar-refractivity contribution in [2.75, 3.05) is 5.73 Å². The number of nitriles is 1. The molecule has 1 aromatic carbocycles. The molecule has 0 radical (unpaired) electrons. The molecule has 0 fully saturated rings. The minimum Gasteiger partial charge on any atom is -0.398 e. The van der Waals surface area contributed by atoms with Gasteiger partial charge < -0.3 is 11.1 Å². The fourth-order valence-corrected chi connectivity index (χ4v) is 2.33. The smallest absolute Gasteiger partial charge is 0.0994 e. The van der Waals surface area contributed by atoms with E-state index < -0.39 is 0 Å². The molecular weight excluding hydrogens is 244 g/mol. The summed E-state index contributed by atoms with van der Waals surface area (Å²) in [5, 5.41) is 18.3. The van der Waals surface area contributed by atoms with E-state index in [1.807, 2.05) is 5.38 Å². The Hall–Kier alpha value is -2.19. The van der Waals surface area contributed by atoms with Gasteiger partial charge in [0.2, 0.25) is 0 Å². The minimum atomic E-state index is 0.539. The summed E-state index contributed by atoms with van der Waals surface area (Å²) in [6, 6.07) is 5.60. The Kier molecular flexibility index (Phi) is 3.70. The molecule has 0 aliphatic carbocycles. The van der Waals surface area contributed by atoms with E-state index >= 15 is 0 Å². The standard InChI is InChI=1S/C13H12N4S/c14-5-10-3-11(6-15)13(16)4-9(10)1-2-12-7-18-8-17-12/h3-4,6-8,15H,1-2,16H2. The van der Waals surface area contributed by atoms with Crippen LogP contribution in [0, 0.1) is 16.7 Å². The molecule has 0 saturated carbocycles. The Morgan fingerprint density at radius 1 is 1.44 bits per heavy atom. The predicted molar refractivity (Wildman–Crippen MR) is 73.0 cm³/mol. The van der Waals surface area contributed by atoms with Crippen molar-refractivity contribution in [3.8, 4) is 6.07 Å². The van der Waals surface area contributed by atoms with Crippen LogP contribution in [0.5, 0.6) is 0 Å². The van der Waals surface area contributed by atoms with Crippen LogP contribution in [0.25, 0.3) is 0 Å². The van der Waals surface area contributed by atoms with Gasteiger partial charge in [0.1, 0.15) is 0 Å². The number of nitrogens with two attached hydrogens (primary N) is 1. The van der Waals surface area contributed by atoms with Gasteiger partial charge in [-0.15, -0.1) is 11.3 Å². The number of nitrogens with one attached hydrogen (secondary N) is 1. The second kappa shape index (κ2) is 5.43. The molecule has 0 spiro atoms. The SMILES string of the molecule is N#Cc1cc(C=N)c(N)cc1CCc1cscn1. The van der Waals surface area contributed by atoms with Crippen LogP contribution in [-0.2, 0) is 12.8 Å². The van der Waals surface area contributed by atoms with Crippen LogP contribution in [-0.4, -0.2) is 11.2 Å². The molecule has 90 valence electrons. The number of aromatic nitrogens is 1. The maximum absolute atomic E-state index is 9.11. The van der Waals surface area contributed by atoms with Crippen molar-refractivity contribution < 1.29 is 0 Å². The molecule has 5 heteroatoms. The quantitative estimate of drug-likeness (QED) is 0.650. The van der Waals surface area contributed by atoms with E-state index in [1.54, 1.807) is 29.0 Å². The Labute approximate surface area is 109 Å². The van der Waals surface area contributed by atoms with Crippen LogP contribution in [0.15, 0.2) is 23.0 Å². The number of thiazole rings is 1. The molecule has 4 nitrogen and oxygen atoms in total. The molecule has 2 rings (SSSR count). The van der Waals surface area contributed by atoms with Crippen molar-refractivity contribution in [2.24, 2.45) is 0 Å². The van der Waals surface area contributed by atoms with E-state index in [-0.39, 0.29) is 0 Å². The molecule has 2 aromatic rings. The first kappa shape index (κ1) is 12.3. The fraction of sp³-hybridized carbons (Fsp3) is 0.154. The molecule has 0 atom stereocenters. The largest absolute Gasteiger partial charge is 0.398 e. The van der Waals surface area contributed by atoms with Crippen LogP contribution in [0.2, 0.25) is 0 Å². The number of nitrogens with zero attached hydrogens (tertiary/aromatic N) is 2. The van der Waals surface area contributed by atoms with Crippen molar-refractivity contribution in [1.82, 2.24) is 4.98 Å². The van der Waals surface area contributed by atoms with E-state index in [0.717, 1.165) is 24.1 Å². The Balaban J connectivity index is 2.24. The van der Waals surface area contributed by atoms with Crippen LogP contribution in [0.1, 0.15) is 22.4 Å². The van der Waals surface area contributed by atoms with Gasteiger partial charge in [-0.1, -0.05) is 0 Å². The summed E-state index contributed by atoms with van der Waals surface area (Å²) in [6.07, 6.45) is 2.69. The van der Waals surface area contributed by atoms with E-state index in [2.05, 4.69) is 11.1 Å². The Morgan fingerprint density at radius 3 is 2.89 bits per heavy atom. The van der Waals surface area contributed by atoms with E-state index in [0.29, 0.717) is 16.8 Å². The van der Waals surface area contributed by atoms with Crippen molar-refractivity contribution >= 4 is 23.2 Å². The highest BCUT2D eigenvalue weighted by Crippen LogP contribution is 2.19. The summed E-state index contributed by atoms with van der Waals surface area (Å²) in [5.41, 5.74) is 11.3. The van der Waals surface area contributed by atoms with Crippen LogP contribution in [0.3, 0.4) is 0 Å². The predicted octanol–water partition coefficient (Wildman–Crippen LogP) is 2.38. The second-order valence-electron chi connectivity index (χ2n) is 3.87. The molecular formula is C13H12N4S. The number of rotatable bonds is 4. The van der Waals surface area contributed by atoms with Gasteiger partial charge in [0.25, 0.3) is 0 Å². The first-order valence-electron chi connectivity index (χ1n) is 5.44. The summed E-state index contributed by atoms with van der Waals surface area (Å²) in [6.45, 7) is 0. The maximum Gasteiger partial charge on any atom is 0.0994 e. The average molecular weight is 256 g/mol. The maximum atomic E-state index is 9.11. The molecule has 0 aliphatic heterocycles. The summed E-state index contributed by atoms with van der Waals surface area (Å²) in [4.78, 5) is 4.21. The van der Waals surface area contributed by atoms with Crippen molar-refractivity contribution in [3.05, 3.63) is 45.4 Å². The third kappa shape index (κ3) is 2.55. The van der Waals surface area contributed by atoms with E-state index in [4.69, 9.17) is 16.4 Å². The monoisotopic (exact) mass is 256 g/mol. The fourth-order valence-electron chi connectivity index (χ4n) is 1.74. The van der Waals surface area contributed by atoms with Crippen molar-refractivity contribution in [1.29, 1.82) is 10.7 Å². The molecule has 18 heavy (non-hydrogen) atoms. The molecule has 1 aromatic heterocycles. The normalized spacial score (nSPS) is 9.94. The molecule has 0 aliphatic rings. The summed E-state index contributed by atoms with van der Waals surface area (Å²) in [5.74, 6) is 0. The lowest BCUT2D eigenvalue weighted by atomic mass is 9.99. The lowest BCUT2D eigenvalue weighted by molar-refractivity contribution is 0.923. The van der Waals surface area contributed by atoms with Crippen LogP contribution >= 0.6 is 11.3 Å². The third-order valence-electron chi connectivity index (χ3n) is 2.72. The molecule has 3 N–H and O–H groups in total. The summed E-state index contributed by atoms with van der Waals surface area (Å²) < 4.78 is 0. The minimum absolute atomic E-state index is 0.539. The van der Waals surface area contributed by atoms with Gasteiger partial charge in [0, 0.05) is 22.8 Å². The molecule has 0 bridgehead atoms. The lowest BCUT2D eigenvalue weighted by Gasteiger charge is -2.07. The van der Waals surface area contributed by atoms with Crippen molar-refractivity contribution in [3.63, 3.8) is 0 Å². The Bertz CT molecular complexity index is 596. The van der Waals surface area contributed by atoms with Gasteiger partial charge in [-0.25, -0.2) is 4.98 Å². The summed E-state index contributed by atoms with van der Waals surface area (Å²) >= 11 is 1.56. The number of hydrogen-bond donors (Lipinski definition) is 2. The molecule has 0 saturated heterocycles. The average Bonchev–Trinajstić information content (AvgIpc) is 2.89. The number of hydrogen-bond acceptors (Lipinski definition) is 5. The highest BCUT2D eigenvalue weighted by Gasteiger charge is 2.07. The number of aryl methyl sites for hydroxylation is 2. The first-order chi connectivity index (χ1) is 8.74. The highest BCUT2D eigenvalue weighted by atomic mass is 32.1. The second-order valence-corrected chi connectivity index (χ2v) is 4.59. The molecule has 0 unspecified atom stereocenters. The number of benzene rings is 1. The summed E-state index contributed by atoms with van der Waals surface area (Å²) in [7, 11) is 0.